The summed E-state index contributed by atoms with van der Waals surface area (Å²) in [5.74, 6) is 0.531. The van der Waals surface area contributed by atoms with E-state index in [4.69, 9.17) is 11.5 Å². The number of nitrogens with two attached hydrogens (primary N) is 2. The molecule has 14 heavy (non-hydrogen) atoms. The molecule has 2 rings (SSSR count). The van der Waals surface area contributed by atoms with Crippen molar-refractivity contribution in [1.82, 2.24) is 15.5 Å². The predicted octanol–water partition coefficient (Wildman–Crippen LogP) is 0.0521. The molecule has 0 bridgehead atoms. The lowest BCUT2D eigenvalue weighted by Gasteiger charge is -2.19. The lowest BCUT2D eigenvalue weighted by atomic mass is 9.99. The quantitative estimate of drug-likeness (QED) is 0.536. The molecule has 0 amide bonds. The van der Waals surface area contributed by atoms with E-state index in [1.165, 1.54) is 6.42 Å². The summed E-state index contributed by atoms with van der Waals surface area (Å²) in [5.41, 5.74) is 13.8. The highest BCUT2D eigenvalue weighted by Crippen LogP contribution is 2.26. The van der Waals surface area contributed by atoms with E-state index in [9.17, 15) is 0 Å². The highest BCUT2D eigenvalue weighted by atomic mass is 15.2. The average Bonchev–Trinajstić information content (AvgIpc) is 2.75. The van der Waals surface area contributed by atoms with E-state index in [0.29, 0.717) is 11.9 Å². The van der Waals surface area contributed by atoms with Crippen LogP contribution in [0.15, 0.2) is 0 Å². The molecule has 0 radical (unpaired) electrons. The number of nitrogens with one attached hydrogen (secondary N) is 2. The first-order valence-corrected chi connectivity index (χ1v) is 4.99. The molecule has 2 heterocycles. The van der Waals surface area contributed by atoms with Crippen molar-refractivity contribution in [3.63, 3.8) is 0 Å². The molecule has 0 aromatic carbocycles. The van der Waals surface area contributed by atoms with Gasteiger partial charge in [0, 0.05) is 17.3 Å². The number of nitrogen functional groups attached to an aromatic ring is 1. The van der Waals surface area contributed by atoms with Gasteiger partial charge in [0.05, 0.1) is 6.04 Å². The van der Waals surface area contributed by atoms with Crippen LogP contribution >= 0.6 is 0 Å². The van der Waals surface area contributed by atoms with Gasteiger partial charge in [-0.25, -0.2) is 0 Å². The molecule has 1 aliphatic heterocycles. The van der Waals surface area contributed by atoms with Gasteiger partial charge in [-0.05, 0) is 26.3 Å². The fourth-order valence-electron chi connectivity index (χ4n) is 2.10. The molecule has 0 unspecified atom stereocenters. The highest BCUT2D eigenvalue weighted by molar-refractivity contribution is 5.44. The van der Waals surface area contributed by atoms with Crippen LogP contribution in [0.4, 0.5) is 5.82 Å². The number of aryl methyl sites for hydroxylation is 1. The average molecular weight is 195 g/mol. The zero-order chi connectivity index (χ0) is 10.1. The zero-order valence-electron chi connectivity index (χ0n) is 8.38. The van der Waals surface area contributed by atoms with Gasteiger partial charge in [0.1, 0.15) is 5.82 Å². The summed E-state index contributed by atoms with van der Waals surface area (Å²) in [4.78, 5) is 0. The van der Waals surface area contributed by atoms with E-state index >= 15 is 0 Å². The summed E-state index contributed by atoms with van der Waals surface area (Å²) in [6.07, 6.45) is 2.31. The Morgan fingerprint density at radius 1 is 1.57 bits per heavy atom. The molecule has 5 heteroatoms. The molecular weight excluding hydrogens is 178 g/mol. The van der Waals surface area contributed by atoms with Crippen LogP contribution in [0.25, 0.3) is 0 Å². The maximum atomic E-state index is 6.14. The second kappa shape index (κ2) is 3.59. The van der Waals surface area contributed by atoms with Crippen molar-refractivity contribution >= 4 is 5.82 Å². The summed E-state index contributed by atoms with van der Waals surface area (Å²) >= 11 is 0. The van der Waals surface area contributed by atoms with Crippen LogP contribution in [-0.2, 0) is 0 Å². The fraction of sp³-hybridized carbons (Fsp3) is 0.667. The van der Waals surface area contributed by atoms with Crippen molar-refractivity contribution in [2.75, 3.05) is 12.3 Å². The van der Waals surface area contributed by atoms with E-state index < -0.39 is 0 Å². The Balaban J connectivity index is 2.21. The molecule has 1 fully saturated rings. The first kappa shape index (κ1) is 9.48. The van der Waals surface area contributed by atoms with Gasteiger partial charge in [-0.3, -0.25) is 5.10 Å². The Hall–Kier alpha value is -1.07. The van der Waals surface area contributed by atoms with Gasteiger partial charge in [-0.1, -0.05) is 0 Å². The number of rotatable bonds is 2. The molecule has 0 aliphatic carbocycles. The molecule has 1 aromatic rings. The minimum atomic E-state index is -0.0451. The van der Waals surface area contributed by atoms with Crippen molar-refractivity contribution in [2.45, 2.75) is 31.8 Å². The summed E-state index contributed by atoms with van der Waals surface area (Å²) in [5, 5.41) is 10.2. The van der Waals surface area contributed by atoms with E-state index in [-0.39, 0.29) is 6.04 Å². The molecule has 1 saturated heterocycles. The number of H-pyrrole nitrogens is 1. The first-order valence-electron chi connectivity index (χ1n) is 4.99. The van der Waals surface area contributed by atoms with Gasteiger partial charge < -0.3 is 16.8 Å². The van der Waals surface area contributed by atoms with Crippen LogP contribution < -0.4 is 16.8 Å². The van der Waals surface area contributed by atoms with E-state index in [1.54, 1.807) is 0 Å². The van der Waals surface area contributed by atoms with Crippen LogP contribution in [0.1, 0.15) is 30.1 Å². The van der Waals surface area contributed by atoms with Crippen LogP contribution in [-0.4, -0.2) is 22.8 Å². The van der Waals surface area contributed by atoms with E-state index in [1.807, 2.05) is 6.92 Å². The minimum Gasteiger partial charge on any atom is -0.382 e. The Bertz CT molecular complexity index is 294. The van der Waals surface area contributed by atoms with Crippen molar-refractivity contribution in [3.05, 3.63) is 11.3 Å². The number of aromatic nitrogens is 2. The second-order valence-corrected chi connectivity index (χ2v) is 3.88. The summed E-state index contributed by atoms with van der Waals surface area (Å²) in [7, 11) is 0. The zero-order valence-corrected chi connectivity index (χ0v) is 8.38. The normalized spacial score (nSPS) is 24.0. The van der Waals surface area contributed by atoms with Gasteiger partial charge in [0.2, 0.25) is 0 Å². The van der Waals surface area contributed by atoms with Crippen molar-refractivity contribution in [2.24, 2.45) is 5.73 Å². The number of hydrogen-bond donors (Lipinski definition) is 4. The van der Waals surface area contributed by atoms with E-state index in [2.05, 4.69) is 15.5 Å². The monoisotopic (exact) mass is 195 g/mol. The van der Waals surface area contributed by atoms with Gasteiger partial charge in [-0.2, -0.15) is 5.10 Å². The Morgan fingerprint density at radius 3 is 2.86 bits per heavy atom. The van der Waals surface area contributed by atoms with Gasteiger partial charge in [0.25, 0.3) is 0 Å². The maximum absolute atomic E-state index is 6.14. The first-order chi connectivity index (χ1) is 6.70. The largest absolute Gasteiger partial charge is 0.382 e. The summed E-state index contributed by atoms with van der Waals surface area (Å²) in [6, 6.07) is 0.296. The predicted molar refractivity (Wildman–Crippen MR) is 55.7 cm³/mol. The molecule has 0 saturated carbocycles. The number of aromatic amines is 1. The smallest absolute Gasteiger partial charge is 0.150 e. The lowest BCUT2D eigenvalue weighted by molar-refractivity contribution is 0.500. The number of hydrogen-bond acceptors (Lipinski definition) is 4. The minimum absolute atomic E-state index is 0.0451. The Morgan fingerprint density at radius 2 is 2.36 bits per heavy atom. The standard InChI is InChI=1S/C9H17N5/c1-5-7(9(11)14-13-5)8(10)6-3-2-4-12-6/h6,8,12H,2-4,10H2,1H3,(H3,11,13,14)/t6-,8-/m0/s1. The van der Waals surface area contributed by atoms with E-state index in [0.717, 1.165) is 24.2 Å². The van der Waals surface area contributed by atoms with Crippen LogP contribution in [0.5, 0.6) is 0 Å². The third-order valence-corrected chi connectivity index (χ3v) is 2.89. The molecule has 2 atom stereocenters. The van der Waals surface area contributed by atoms with Crippen LogP contribution in [0.3, 0.4) is 0 Å². The SMILES string of the molecule is Cc1[nH]nc(N)c1[C@@H](N)[C@@H]1CCCN1. The Labute approximate surface area is 83.2 Å². The summed E-state index contributed by atoms with van der Waals surface area (Å²) in [6.45, 7) is 3.00. The molecule has 78 valence electrons. The molecule has 6 N–H and O–H groups in total. The van der Waals surface area contributed by atoms with Gasteiger partial charge >= 0.3 is 0 Å². The van der Waals surface area contributed by atoms with Crippen LogP contribution in [0, 0.1) is 6.92 Å². The number of anilines is 1. The lowest BCUT2D eigenvalue weighted by Crippen LogP contribution is -2.34. The van der Waals surface area contributed by atoms with Gasteiger partial charge in [0.15, 0.2) is 0 Å². The molecular formula is C9H17N5. The van der Waals surface area contributed by atoms with Crippen LogP contribution in [0.2, 0.25) is 0 Å². The third kappa shape index (κ3) is 1.49. The topological polar surface area (TPSA) is 92.8 Å². The maximum Gasteiger partial charge on any atom is 0.150 e. The highest BCUT2D eigenvalue weighted by Gasteiger charge is 2.26. The van der Waals surface area contributed by atoms with Crippen molar-refractivity contribution in [3.8, 4) is 0 Å². The second-order valence-electron chi connectivity index (χ2n) is 3.88. The fourth-order valence-corrected chi connectivity index (χ4v) is 2.10. The molecule has 0 spiro atoms. The Kier molecular flexibility index (Phi) is 2.43. The number of nitrogens with zero attached hydrogens (tertiary/aromatic N) is 1. The molecule has 1 aliphatic rings. The van der Waals surface area contributed by atoms with Gasteiger partial charge in [-0.15, -0.1) is 0 Å². The van der Waals surface area contributed by atoms with Crippen molar-refractivity contribution in [1.29, 1.82) is 0 Å². The van der Waals surface area contributed by atoms with Crippen molar-refractivity contribution < 1.29 is 0 Å². The molecule has 1 aromatic heterocycles. The summed E-state index contributed by atoms with van der Waals surface area (Å²) < 4.78 is 0. The third-order valence-electron chi connectivity index (χ3n) is 2.89. The molecule has 5 nitrogen and oxygen atoms in total.